The summed E-state index contributed by atoms with van der Waals surface area (Å²) in [5, 5.41) is 9.88. The molecule has 0 amide bonds. The summed E-state index contributed by atoms with van der Waals surface area (Å²) in [4.78, 5) is 0. The minimum atomic E-state index is -4.79. The van der Waals surface area contributed by atoms with Crippen LogP contribution < -0.4 is 10.5 Å². The summed E-state index contributed by atoms with van der Waals surface area (Å²) in [6.45, 7) is 0. The normalized spacial score (nSPS) is 13.0. The van der Waals surface area contributed by atoms with Crippen LogP contribution in [-0.4, -0.2) is 11.5 Å². The standard InChI is InChI=1S/C14H10BrF4NO2/c15-9-5-6-10(16)11(13(9)21)12(20)7-1-3-8(4-2-7)22-14(17,18)19/h1-6,12,21H,20H2/t12-/m0/s1. The van der Waals surface area contributed by atoms with E-state index in [1.807, 2.05) is 0 Å². The summed E-state index contributed by atoms with van der Waals surface area (Å²) in [5.74, 6) is -1.49. The van der Waals surface area contributed by atoms with Gasteiger partial charge in [0.25, 0.3) is 0 Å². The number of alkyl halides is 3. The van der Waals surface area contributed by atoms with Crippen LogP contribution in [0.15, 0.2) is 40.9 Å². The van der Waals surface area contributed by atoms with E-state index in [9.17, 15) is 22.7 Å². The van der Waals surface area contributed by atoms with E-state index < -0.39 is 24.0 Å². The fourth-order valence-corrected chi connectivity index (χ4v) is 2.24. The van der Waals surface area contributed by atoms with Crippen LogP contribution in [0.1, 0.15) is 17.2 Å². The number of phenolic OH excluding ortho intramolecular Hbond substituents is 1. The van der Waals surface area contributed by atoms with Gasteiger partial charge < -0.3 is 15.6 Å². The number of rotatable bonds is 3. The third-order valence-electron chi connectivity index (χ3n) is 2.90. The third-order valence-corrected chi connectivity index (χ3v) is 3.54. The van der Waals surface area contributed by atoms with Gasteiger partial charge in [-0.05, 0) is 45.8 Å². The Bertz CT molecular complexity index is 674. The number of hydrogen-bond acceptors (Lipinski definition) is 3. The molecule has 0 heterocycles. The van der Waals surface area contributed by atoms with E-state index in [4.69, 9.17) is 5.73 Å². The van der Waals surface area contributed by atoms with Crippen molar-refractivity contribution in [2.24, 2.45) is 5.73 Å². The highest BCUT2D eigenvalue weighted by Gasteiger charge is 2.31. The smallest absolute Gasteiger partial charge is 0.506 e. The average Bonchev–Trinajstić information content (AvgIpc) is 2.42. The number of ether oxygens (including phenoxy) is 1. The van der Waals surface area contributed by atoms with Crippen LogP contribution in [0.3, 0.4) is 0 Å². The Morgan fingerprint density at radius 3 is 2.23 bits per heavy atom. The molecule has 0 saturated heterocycles. The predicted octanol–water partition coefficient (Wildman–Crippen LogP) is 4.24. The Morgan fingerprint density at radius 2 is 1.68 bits per heavy atom. The largest absolute Gasteiger partial charge is 0.573 e. The van der Waals surface area contributed by atoms with Gasteiger partial charge in [-0.2, -0.15) is 0 Å². The molecular formula is C14H10BrF4NO2. The second-order valence-electron chi connectivity index (χ2n) is 4.39. The van der Waals surface area contributed by atoms with Crippen molar-refractivity contribution in [3.63, 3.8) is 0 Å². The van der Waals surface area contributed by atoms with Crippen molar-refractivity contribution in [2.75, 3.05) is 0 Å². The highest BCUT2D eigenvalue weighted by molar-refractivity contribution is 9.10. The number of halogens is 5. The topological polar surface area (TPSA) is 55.5 Å². The van der Waals surface area contributed by atoms with Gasteiger partial charge >= 0.3 is 6.36 Å². The molecule has 2 aromatic rings. The highest BCUT2D eigenvalue weighted by atomic mass is 79.9. The zero-order valence-corrected chi connectivity index (χ0v) is 12.5. The first-order valence-electron chi connectivity index (χ1n) is 5.97. The van der Waals surface area contributed by atoms with Gasteiger partial charge in [0.1, 0.15) is 17.3 Å². The van der Waals surface area contributed by atoms with Crippen LogP contribution in [0.25, 0.3) is 0 Å². The van der Waals surface area contributed by atoms with Gasteiger partial charge in [-0.25, -0.2) is 4.39 Å². The molecule has 118 valence electrons. The van der Waals surface area contributed by atoms with Crippen LogP contribution >= 0.6 is 15.9 Å². The minimum Gasteiger partial charge on any atom is -0.506 e. The first-order chi connectivity index (χ1) is 10.2. The summed E-state index contributed by atoms with van der Waals surface area (Å²) < 4.78 is 54.1. The number of nitrogens with two attached hydrogens (primary N) is 1. The van der Waals surface area contributed by atoms with E-state index in [1.54, 1.807) is 0 Å². The number of aromatic hydroxyl groups is 1. The number of phenols is 1. The minimum absolute atomic E-state index is 0.154. The lowest BCUT2D eigenvalue weighted by Gasteiger charge is -2.16. The fraction of sp³-hybridized carbons (Fsp3) is 0.143. The lowest BCUT2D eigenvalue weighted by molar-refractivity contribution is -0.274. The molecule has 0 aromatic heterocycles. The molecule has 3 nitrogen and oxygen atoms in total. The molecule has 0 aliphatic rings. The zero-order chi connectivity index (χ0) is 16.5. The summed E-state index contributed by atoms with van der Waals surface area (Å²) >= 11 is 3.05. The van der Waals surface area contributed by atoms with Crippen LogP contribution in [0.5, 0.6) is 11.5 Å². The zero-order valence-electron chi connectivity index (χ0n) is 10.9. The van der Waals surface area contributed by atoms with Gasteiger partial charge in [0.2, 0.25) is 0 Å². The van der Waals surface area contributed by atoms with Gasteiger partial charge in [-0.15, -0.1) is 13.2 Å². The van der Waals surface area contributed by atoms with Crippen LogP contribution in [-0.2, 0) is 0 Å². The van der Waals surface area contributed by atoms with Crippen molar-refractivity contribution in [1.29, 1.82) is 0 Å². The first-order valence-corrected chi connectivity index (χ1v) is 6.76. The van der Waals surface area contributed by atoms with E-state index in [0.717, 1.165) is 18.2 Å². The number of hydrogen-bond donors (Lipinski definition) is 2. The van der Waals surface area contributed by atoms with Crippen molar-refractivity contribution in [1.82, 2.24) is 0 Å². The first kappa shape index (κ1) is 16.6. The maximum atomic E-state index is 13.8. The van der Waals surface area contributed by atoms with Crippen molar-refractivity contribution in [2.45, 2.75) is 12.4 Å². The maximum absolute atomic E-state index is 13.8. The Hall–Kier alpha value is -1.80. The molecule has 0 saturated carbocycles. The van der Waals surface area contributed by atoms with Gasteiger partial charge in [0.05, 0.1) is 16.1 Å². The van der Waals surface area contributed by atoms with Crippen LogP contribution in [0.4, 0.5) is 17.6 Å². The second kappa shape index (κ2) is 6.13. The number of benzene rings is 2. The van der Waals surface area contributed by atoms with E-state index in [-0.39, 0.29) is 15.8 Å². The summed E-state index contributed by atoms with van der Waals surface area (Å²) in [7, 11) is 0. The molecule has 0 bridgehead atoms. The molecule has 0 unspecified atom stereocenters. The quantitative estimate of drug-likeness (QED) is 0.784. The molecule has 2 rings (SSSR count). The molecule has 1 atom stereocenters. The fourth-order valence-electron chi connectivity index (χ4n) is 1.90. The Balaban J connectivity index is 2.31. The van der Waals surface area contributed by atoms with E-state index in [0.29, 0.717) is 5.56 Å². The van der Waals surface area contributed by atoms with Crippen LogP contribution in [0, 0.1) is 5.82 Å². The Labute approximate surface area is 131 Å². The molecule has 0 aliphatic heterocycles. The monoisotopic (exact) mass is 379 g/mol. The van der Waals surface area contributed by atoms with E-state index >= 15 is 0 Å². The highest BCUT2D eigenvalue weighted by Crippen LogP contribution is 2.36. The summed E-state index contributed by atoms with van der Waals surface area (Å²) in [6, 6.07) is 6.07. The van der Waals surface area contributed by atoms with Gasteiger partial charge in [0.15, 0.2) is 0 Å². The van der Waals surface area contributed by atoms with Gasteiger partial charge in [-0.1, -0.05) is 12.1 Å². The second-order valence-corrected chi connectivity index (χ2v) is 5.24. The van der Waals surface area contributed by atoms with E-state index in [2.05, 4.69) is 20.7 Å². The lowest BCUT2D eigenvalue weighted by atomic mass is 9.98. The third kappa shape index (κ3) is 3.69. The SMILES string of the molecule is N[C@@H](c1ccc(OC(F)(F)F)cc1)c1c(F)ccc(Br)c1O. The molecular weight excluding hydrogens is 370 g/mol. The molecule has 22 heavy (non-hydrogen) atoms. The molecule has 3 N–H and O–H groups in total. The molecule has 0 fully saturated rings. The van der Waals surface area contributed by atoms with Crippen molar-refractivity contribution >= 4 is 15.9 Å². The van der Waals surface area contributed by atoms with Gasteiger partial charge in [0, 0.05) is 0 Å². The van der Waals surface area contributed by atoms with Gasteiger partial charge in [-0.3, -0.25) is 0 Å². The predicted molar refractivity (Wildman–Crippen MR) is 74.9 cm³/mol. The Morgan fingerprint density at radius 1 is 1.09 bits per heavy atom. The summed E-state index contributed by atoms with van der Waals surface area (Å²) in [5.41, 5.74) is 6.05. The molecule has 0 aliphatic carbocycles. The average molecular weight is 380 g/mol. The lowest BCUT2D eigenvalue weighted by Crippen LogP contribution is -2.17. The molecule has 0 spiro atoms. The van der Waals surface area contributed by atoms with Crippen LogP contribution in [0.2, 0.25) is 0 Å². The van der Waals surface area contributed by atoms with E-state index in [1.165, 1.54) is 18.2 Å². The van der Waals surface area contributed by atoms with Crippen molar-refractivity contribution in [3.8, 4) is 11.5 Å². The molecule has 2 aromatic carbocycles. The van der Waals surface area contributed by atoms with Crippen molar-refractivity contribution in [3.05, 3.63) is 57.8 Å². The molecule has 8 heteroatoms. The molecule has 0 radical (unpaired) electrons. The van der Waals surface area contributed by atoms with Crippen molar-refractivity contribution < 1.29 is 27.4 Å². The Kier molecular flexibility index (Phi) is 4.62. The summed E-state index contributed by atoms with van der Waals surface area (Å²) in [6.07, 6.45) is -4.79. The maximum Gasteiger partial charge on any atom is 0.573 e.